The van der Waals surface area contributed by atoms with Crippen LogP contribution in [0.1, 0.15) is 44.9 Å². The number of carboxylic acid groups (broad SMARTS) is 1. The van der Waals surface area contributed by atoms with E-state index in [1.54, 1.807) is 0 Å². The summed E-state index contributed by atoms with van der Waals surface area (Å²) in [5, 5.41) is 8.92. The first-order valence-corrected chi connectivity index (χ1v) is 7.32. The molecule has 2 fully saturated rings. The van der Waals surface area contributed by atoms with Crippen LogP contribution in [-0.2, 0) is 9.53 Å². The van der Waals surface area contributed by atoms with Crippen molar-refractivity contribution in [3.63, 3.8) is 0 Å². The van der Waals surface area contributed by atoms with E-state index in [0.29, 0.717) is 6.10 Å². The zero-order valence-corrected chi connectivity index (χ0v) is 11.1. The fourth-order valence-corrected chi connectivity index (χ4v) is 3.01. The van der Waals surface area contributed by atoms with E-state index < -0.39 is 5.97 Å². The summed E-state index contributed by atoms with van der Waals surface area (Å²) >= 11 is 0. The monoisotopic (exact) mass is 255 g/mol. The lowest BCUT2D eigenvalue weighted by Crippen LogP contribution is -2.34. The Morgan fingerprint density at radius 1 is 1.11 bits per heavy atom. The molecule has 1 N–H and O–H groups in total. The normalized spacial score (nSPS) is 30.2. The SMILES string of the molecule is O=C(O)C1CCC(OCCN2CCCCC2)CC1. The van der Waals surface area contributed by atoms with Crippen molar-refractivity contribution >= 4 is 5.97 Å². The molecule has 0 aromatic rings. The Balaban J connectivity index is 1.56. The molecule has 18 heavy (non-hydrogen) atoms. The highest BCUT2D eigenvalue weighted by Gasteiger charge is 2.26. The summed E-state index contributed by atoms with van der Waals surface area (Å²) in [6, 6.07) is 0. The molecule has 0 amide bonds. The molecule has 1 saturated heterocycles. The standard InChI is InChI=1S/C14H25NO3/c16-14(17)12-4-6-13(7-5-12)18-11-10-15-8-2-1-3-9-15/h12-13H,1-11H2,(H,16,17). The van der Waals surface area contributed by atoms with E-state index >= 15 is 0 Å². The third-order valence-corrected chi connectivity index (χ3v) is 4.23. The molecule has 2 aliphatic rings. The summed E-state index contributed by atoms with van der Waals surface area (Å²) < 4.78 is 5.88. The number of carbonyl (C=O) groups is 1. The summed E-state index contributed by atoms with van der Waals surface area (Å²) in [5.74, 6) is -0.770. The third-order valence-electron chi connectivity index (χ3n) is 4.23. The van der Waals surface area contributed by atoms with Crippen LogP contribution in [0, 0.1) is 5.92 Å². The molecule has 0 radical (unpaired) electrons. The first kappa shape index (κ1) is 13.8. The lowest BCUT2D eigenvalue weighted by molar-refractivity contribution is -0.143. The second kappa shape index (κ2) is 7.10. The Hall–Kier alpha value is -0.610. The van der Waals surface area contributed by atoms with Crippen LogP contribution in [-0.4, -0.2) is 48.3 Å². The Kier molecular flexibility index (Phi) is 5.45. The molecule has 0 spiro atoms. The van der Waals surface area contributed by atoms with E-state index in [0.717, 1.165) is 38.8 Å². The molecule has 104 valence electrons. The number of hydrogen-bond donors (Lipinski definition) is 1. The highest BCUT2D eigenvalue weighted by molar-refractivity contribution is 5.70. The van der Waals surface area contributed by atoms with Gasteiger partial charge in [-0.05, 0) is 51.6 Å². The number of rotatable bonds is 5. The summed E-state index contributed by atoms with van der Waals surface area (Å²) in [7, 11) is 0. The molecule has 4 heteroatoms. The number of carboxylic acids is 1. The van der Waals surface area contributed by atoms with Gasteiger partial charge in [-0.2, -0.15) is 0 Å². The zero-order chi connectivity index (χ0) is 12.8. The molecule has 0 aromatic carbocycles. The minimum absolute atomic E-state index is 0.132. The van der Waals surface area contributed by atoms with Crippen molar-refractivity contribution in [3.05, 3.63) is 0 Å². The number of nitrogens with zero attached hydrogens (tertiary/aromatic N) is 1. The van der Waals surface area contributed by atoms with Crippen molar-refractivity contribution in [2.75, 3.05) is 26.2 Å². The van der Waals surface area contributed by atoms with Crippen LogP contribution in [0.2, 0.25) is 0 Å². The van der Waals surface area contributed by atoms with E-state index in [4.69, 9.17) is 9.84 Å². The molecule has 0 bridgehead atoms. The summed E-state index contributed by atoms with van der Waals surface area (Å²) in [6.07, 6.45) is 7.70. The van der Waals surface area contributed by atoms with Crippen molar-refractivity contribution in [2.24, 2.45) is 5.92 Å². The largest absolute Gasteiger partial charge is 0.481 e. The van der Waals surface area contributed by atoms with Crippen LogP contribution in [0.15, 0.2) is 0 Å². The number of piperidine rings is 1. The van der Waals surface area contributed by atoms with Gasteiger partial charge in [0.2, 0.25) is 0 Å². The third kappa shape index (κ3) is 4.25. The Morgan fingerprint density at radius 2 is 1.78 bits per heavy atom. The van der Waals surface area contributed by atoms with Gasteiger partial charge in [-0.3, -0.25) is 4.79 Å². The van der Waals surface area contributed by atoms with E-state index in [1.807, 2.05) is 0 Å². The van der Waals surface area contributed by atoms with Crippen molar-refractivity contribution < 1.29 is 14.6 Å². The molecule has 0 unspecified atom stereocenters. The first-order valence-electron chi connectivity index (χ1n) is 7.32. The molecular weight excluding hydrogens is 230 g/mol. The van der Waals surface area contributed by atoms with Crippen LogP contribution in [0.3, 0.4) is 0 Å². The molecule has 1 aliphatic heterocycles. The van der Waals surface area contributed by atoms with Crippen LogP contribution in [0.25, 0.3) is 0 Å². The molecule has 0 aromatic heterocycles. The summed E-state index contributed by atoms with van der Waals surface area (Å²) in [5.41, 5.74) is 0. The zero-order valence-electron chi connectivity index (χ0n) is 11.1. The fraction of sp³-hybridized carbons (Fsp3) is 0.929. The quantitative estimate of drug-likeness (QED) is 0.817. The van der Waals surface area contributed by atoms with Gasteiger partial charge >= 0.3 is 5.97 Å². The van der Waals surface area contributed by atoms with Gasteiger partial charge in [-0.25, -0.2) is 0 Å². The predicted octanol–water partition coefficient (Wildman–Crippen LogP) is 2.13. The van der Waals surface area contributed by atoms with Crippen LogP contribution in [0.5, 0.6) is 0 Å². The number of hydrogen-bond acceptors (Lipinski definition) is 3. The van der Waals surface area contributed by atoms with E-state index in [-0.39, 0.29) is 5.92 Å². The van der Waals surface area contributed by atoms with Gasteiger partial charge in [-0.15, -0.1) is 0 Å². The molecule has 1 heterocycles. The van der Waals surface area contributed by atoms with Gasteiger partial charge in [0.05, 0.1) is 18.6 Å². The van der Waals surface area contributed by atoms with Gasteiger partial charge in [-0.1, -0.05) is 6.42 Å². The van der Waals surface area contributed by atoms with Crippen molar-refractivity contribution in [1.29, 1.82) is 0 Å². The summed E-state index contributed by atoms with van der Waals surface area (Å²) in [4.78, 5) is 13.3. The number of likely N-dealkylation sites (tertiary alicyclic amines) is 1. The Bertz CT molecular complexity index is 256. The molecule has 1 aliphatic carbocycles. The number of aliphatic carboxylic acids is 1. The van der Waals surface area contributed by atoms with Crippen molar-refractivity contribution in [2.45, 2.75) is 51.0 Å². The van der Waals surface area contributed by atoms with Gasteiger partial charge in [0.25, 0.3) is 0 Å². The van der Waals surface area contributed by atoms with Gasteiger partial charge < -0.3 is 14.7 Å². The smallest absolute Gasteiger partial charge is 0.306 e. The first-order chi connectivity index (χ1) is 8.75. The minimum Gasteiger partial charge on any atom is -0.481 e. The molecular formula is C14H25NO3. The highest BCUT2D eigenvalue weighted by Crippen LogP contribution is 2.26. The maximum absolute atomic E-state index is 10.8. The molecule has 2 rings (SSSR count). The summed E-state index contributed by atoms with van der Waals surface area (Å²) in [6.45, 7) is 4.28. The number of ether oxygens (including phenoxy) is 1. The molecule has 0 atom stereocenters. The van der Waals surface area contributed by atoms with E-state index in [1.165, 1.54) is 32.4 Å². The Labute approximate surface area is 109 Å². The van der Waals surface area contributed by atoms with E-state index in [2.05, 4.69) is 4.90 Å². The van der Waals surface area contributed by atoms with Crippen LogP contribution in [0.4, 0.5) is 0 Å². The highest BCUT2D eigenvalue weighted by atomic mass is 16.5. The average Bonchev–Trinajstić information content (AvgIpc) is 2.40. The van der Waals surface area contributed by atoms with E-state index in [9.17, 15) is 4.79 Å². The predicted molar refractivity (Wildman–Crippen MR) is 69.6 cm³/mol. The van der Waals surface area contributed by atoms with Crippen molar-refractivity contribution in [3.8, 4) is 0 Å². The fourth-order valence-electron chi connectivity index (χ4n) is 3.01. The minimum atomic E-state index is -0.637. The van der Waals surface area contributed by atoms with Crippen molar-refractivity contribution in [1.82, 2.24) is 4.90 Å². The topological polar surface area (TPSA) is 49.8 Å². The molecule has 4 nitrogen and oxygen atoms in total. The second-order valence-corrected chi connectivity index (χ2v) is 5.58. The average molecular weight is 255 g/mol. The van der Waals surface area contributed by atoms with Gasteiger partial charge in [0.15, 0.2) is 0 Å². The van der Waals surface area contributed by atoms with Gasteiger partial charge in [0.1, 0.15) is 0 Å². The lowest BCUT2D eigenvalue weighted by atomic mass is 9.87. The maximum Gasteiger partial charge on any atom is 0.306 e. The second-order valence-electron chi connectivity index (χ2n) is 5.58. The Morgan fingerprint density at radius 3 is 2.39 bits per heavy atom. The maximum atomic E-state index is 10.8. The van der Waals surface area contributed by atoms with Gasteiger partial charge in [0, 0.05) is 6.54 Å². The van der Waals surface area contributed by atoms with Crippen LogP contribution < -0.4 is 0 Å². The van der Waals surface area contributed by atoms with Crippen LogP contribution >= 0.6 is 0 Å². The lowest BCUT2D eigenvalue weighted by Gasteiger charge is -2.29. The molecule has 1 saturated carbocycles.